The lowest BCUT2D eigenvalue weighted by atomic mass is 9.77. The largest absolute Gasteiger partial charge is 0.379 e. The lowest BCUT2D eigenvalue weighted by Crippen LogP contribution is -2.37. The van der Waals surface area contributed by atoms with E-state index in [9.17, 15) is 4.79 Å². The Balaban J connectivity index is 1.46. The minimum Gasteiger partial charge on any atom is -0.379 e. The number of aryl methyl sites for hydroxylation is 1. The first-order valence-corrected chi connectivity index (χ1v) is 11.1. The molecule has 164 valence electrons. The first-order chi connectivity index (χ1) is 14.5. The van der Waals surface area contributed by atoms with Crippen molar-refractivity contribution in [3.05, 3.63) is 35.9 Å². The predicted octanol–water partition coefficient (Wildman–Crippen LogP) is 2.20. The van der Waals surface area contributed by atoms with Crippen LogP contribution >= 0.6 is 0 Å². The van der Waals surface area contributed by atoms with Crippen LogP contribution in [0.25, 0.3) is 0 Å². The van der Waals surface area contributed by atoms with Gasteiger partial charge < -0.3 is 14.2 Å². The molecule has 0 radical (unpaired) electrons. The fraction of sp³-hybridized carbons (Fsp3) is 0.682. The first-order valence-electron chi connectivity index (χ1n) is 11.1. The molecule has 3 heterocycles. The van der Waals surface area contributed by atoms with Crippen LogP contribution in [0.1, 0.15) is 48.9 Å². The van der Waals surface area contributed by atoms with Crippen LogP contribution in [-0.2, 0) is 18.3 Å². The van der Waals surface area contributed by atoms with E-state index < -0.39 is 0 Å². The summed E-state index contributed by atoms with van der Waals surface area (Å²) in [6.07, 6.45) is 6.02. The number of amides is 1. The van der Waals surface area contributed by atoms with Gasteiger partial charge in [0.25, 0.3) is 5.91 Å². The number of fused-ring (bicyclic) bond motifs is 1. The van der Waals surface area contributed by atoms with E-state index >= 15 is 0 Å². The molecule has 0 unspecified atom stereocenters. The number of nitrogens with zero attached hydrogens (tertiary/aromatic N) is 6. The smallest absolute Gasteiger partial charge is 0.270 e. The summed E-state index contributed by atoms with van der Waals surface area (Å²) in [5.74, 6) is 1.08. The third-order valence-electron chi connectivity index (χ3n) is 7.02. The Labute approximate surface area is 178 Å². The van der Waals surface area contributed by atoms with Gasteiger partial charge in [-0.05, 0) is 49.9 Å². The number of rotatable bonds is 7. The van der Waals surface area contributed by atoms with Gasteiger partial charge >= 0.3 is 0 Å². The maximum atomic E-state index is 13.0. The van der Waals surface area contributed by atoms with Crippen molar-refractivity contribution in [2.45, 2.75) is 45.4 Å². The average Bonchev–Trinajstić information content (AvgIpc) is 3.49. The van der Waals surface area contributed by atoms with Crippen LogP contribution in [0.3, 0.4) is 0 Å². The summed E-state index contributed by atoms with van der Waals surface area (Å²) in [6, 6.07) is 3.99. The second-order valence-electron chi connectivity index (χ2n) is 8.70. The Bertz CT molecular complexity index is 857. The number of methoxy groups -OCH3 is 1. The second kappa shape index (κ2) is 8.89. The summed E-state index contributed by atoms with van der Waals surface area (Å²) in [4.78, 5) is 17.3. The third kappa shape index (κ3) is 4.03. The highest BCUT2D eigenvalue weighted by atomic mass is 16.5. The van der Waals surface area contributed by atoms with Gasteiger partial charge in [0.15, 0.2) is 0 Å². The summed E-state index contributed by atoms with van der Waals surface area (Å²) < 4.78 is 9.79. The highest BCUT2D eigenvalue weighted by Gasteiger charge is 2.45. The quantitative estimate of drug-likeness (QED) is 0.695. The first kappa shape index (κ1) is 21.1. The highest BCUT2D eigenvalue weighted by molar-refractivity contribution is 5.93. The summed E-state index contributed by atoms with van der Waals surface area (Å²) in [5.41, 5.74) is 1.76. The number of carbonyl (C=O) groups is 1. The van der Waals surface area contributed by atoms with E-state index in [2.05, 4.69) is 35.3 Å². The fourth-order valence-electron chi connectivity index (χ4n) is 5.16. The number of hydrogen-bond acceptors (Lipinski definition) is 5. The predicted molar refractivity (Wildman–Crippen MR) is 114 cm³/mol. The number of aromatic nitrogens is 4. The van der Waals surface area contributed by atoms with Crippen molar-refractivity contribution in [3.8, 4) is 0 Å². The van der Waals surface area contributed by atoms with Gasteiger partial charge in [0, 0.05) is 40.0 Å². The molecular formula is C22H34N6O2. The zero-order chi connectivity index (χ0) is 21.3. The van der Waals surface area contributed by atoms with Gasteiger partial charge in [-0.15, -0.1) is 5.10 Å². The van der Waals surface area contributed by atoms with Gasteiger partial charge in [0.2, 0.25) is 0 Å². The van der Waals surface area contributed by atoms with Gasteiger partial charge in [0.1, 0.15) is 5.69 Å². The van der Waals surface area contributed by atoms with Crippen LogP contribution < -0.4 is 0 Å². The Morgan fingerprint density at radius 1 is 1.23 bits per heavy atom. The van der Waals surface area contributed by atoms with E-state index in [1.54, 1.807) is 7.11 Å². The molecule has 1 aliphatic carbocycles. The molecule has 0 N–H and O–H groups in total. The van der Waals surface area contributed by atoms with E-state index in [1.165, 1.54) is 0 Å². The zero-order valence-corrected chi connectivity index (χ0v) is 18.6. The minimum atomic E-state index is 0.0966. The third-order valence-corrected chi connectivity index (χ3v) is 7.02. The molecule has 1 saturated carbocycles. The molecular weight excluding hydrogens is 380 g/mol. The maximum absolute atomic E-state index is 13.0. The molecule has 0 spiro atoms. The van der Waals surface area contributed by atoms with Gasteiger partial charge in [-0.3, -0.25) is 9.69 Å². The monoisotopic (exact) mass is 414 g/mol. The van der Waals surface area contributed by atoms with Crippen molar-refractivity contribution in [3.63, 3.8) is 0 Å². The van der Waals surface area contributed by atoms with Crippen molar-refractivity contribution < 1.29 is 9.53 Å². The molecule has 2 aromatic heterocycles. The van der Waals surface area contributed by atoms with E-state index in [-0.39, 0.29) is 18.1 Å². The highest BCUT2D eigenvalue weighted by Crippen LogP contribution is 2.42. The fourth-order valence-corrected chi connectivity index (χ4v) is 5.16. The SMILES string of the molecule is CCN(CC)Cc1cn([C@@H]2C[C@@H]3CN(C(=O)c4cccn4C)C[C@@H]3C[C@H]2OC)nn1. The van der Waals surface area contributed by atoms with E-state index in [0.717, 1.165) is 57.0 Å². The van der Waals surface area contributed by atoms with Gasteiger partial charge in [-0.25, -0.2) is 4.68 Å². The normalized spacial score (nSPS) is 26.4. The van der Waals surface area contributed by atoms with Crippen molar-refractivity contribution in [1.29, 1.82) is 0 Å². The lowest BCUT2D eigenvalue weighted by molar-refractivity contribution is -0.00547. The summed E-state index contributed by atoms with van der Waals surface area (Å²) in [7, 11) is 3.71. The van der Waals surface area contributed by atoms with E-state index in [4.69, 9.17) is 4.74 Å². The number of carbonyl (C=O) groups excluding carboxylic acids is 1. The number of likely N-dealkylation sites (tertiary alicyclic amines) is 1. The Hall–Kier alpha value is -2.19. The molecule has 1 saturated heterocycles. The molecule has 8 nitrogen and oxygen atoms in total. The van der Waals surface area contributed by atoms with Crippen LogP contribution in [-0.4, -0.2) is 74.7 Å². The zero-order valence-electron chi connectivity index (χ0n) is 18.6. The number of hydrogen-bond donors (Lipinski definition) is 0. The molecule has 1 aliphatic heterocycles. The Morgan fingerprint density at radius 3 is 2.60 bits per heavy atom. The molecule has 0 bridgehead atoms. The van der Waals surface area contributed by atoms with Crippen molar-refractivity contribution >= 4 is 5.91 Å². The second-order valence-corrected chi connectivity index (χ2v) is 8.70. The van der Waals surface area contributed by atoms with Gasteiger partial charge in [-0.2, -0.15) is 0 Å². The van der Waals surface area contributed by atoms with E-state index in [0.29, 0.717) is 11.8 Å². The van der Waals surface area contributed by atoms with Gasteiger partial charge in [-0.1, -0.05) is 19.1 Å². The molecule has 1 amide bonds. The van der Waals surface area contributed by atoms with E-state index in [1.807, 2.05) is 39.5 Å². The molecule has 0 aromatic carbocycles. The van der Waals surface area contributed by atoms with Crippen molar-refractivity contribution in [2.75, 3.05) is 33.3 Å². The summed E-state index contributed by atoms with van der Waals surface area (Å²) >= 11 is 0. The Morgan fingerprint density at radius 2 is 1.97 bits per heavy atom. The van der Waals surface area contributed by atoms with Crippen LogP contribution in [0.15, 0.2) is 24.5 Å². The topological polar surface area (TPSA) is 68.4 Å². The molecule has 2 aliphatic rings. The standard InChI is InChI=1S/C22H34N6O2/c1-5-26(6-2)14-18-15-28(24-23-18)20-10-16-12-27(13-17(16)11-21(20)30-4)22(29)19-8-7-9-25(19)3/h7-9,15-17,20-21H,5-6,10-14H2,1-4H3/t16-,17+,20-,21-/m1/s1. The maximum Gasteiger partial charge on any atom is 0.270 e. The van der Waals surface area contributed by atoms with Crippen LogP contribution in [0.4, 0.5) is 0 Å². The molecule has 4 atom stereocenters. The average molecular weight is 415 g/mol. The molecule has 4 rings (SSSR count). The number of ether oxygens (including phenoxy) is 1. The summed E-state index contributed by atoms with van der Waals surface area (Å²) in [5, 5.41) is 8.87. The molecule has 30 heavy (non-hydrogen) atoms. The molecule has 2 fully saturated rings. The Kier molecular flexibility index (Phi) is 6.24. The van der Waals surface area contributed by atoms with Crippen LogP contribution in [0.2, 0.25) is 0 Å². The summed E-state index contributed by atoms with van der Waals surface area (Å²) in [6.45, 7) is 8.78. The molecule has 8 heteroatoms. The van der Waals surface area contributed by atoms with Gasteiger partial charge in [0.05, 0.1) is 24.0 Å². The lowest BCUT2D eigenvalue weighted by Gasteiger charge is -2.36. The minimum absolute atomic E-state index is 0.0966. The van der Waals surface area contributed by atoms with Crippen LogP contribution in [0.5, 0.6) is 0 Å². The molecule has 2 aromatic rings. The van der Waals surface area contributed by atoms with Crippen molar-refractivity contribution in [1.82, 2.24) is 29.4 Å². The van der Waals surface area contributed by atoms with Crippen molar-refractivity contribution in [2.24, 2.45) is 18.9 Å². The van der Waals surface area contributed by atoms with Crippen LogP contribution in [0, 0.1) is 11.8 Å².